The Morgan fingerprint density at radius 2 is 1.51 bits per heavy atom. The zero-order valence-electron chi connectivity index (χ0n) is 23.8. The molecule has 9 heteroatoms. The molecule has 0 bridgehead atoms. The predicted molar refractivity (Wildman–Crippen MR) is 158 cm³/mol. The summed E-state index contributed by atoms with van der Waals surface area (Å²) in [7, 11) is -4.12. The summed E-state index contributed by atoms with van der Waals surface area (Å²) in [5.74, 6) is -1.01. The summed E-state index contributed by atoms with van der Waals surface area (Å²) in [6.07, 6.45) is 3.86. The summed E-state index contributed by atoms with van der Waals surface area (Å²) in [6.45, 7) is 5.23. The van der Waals surface area contributed by atoms with Crippen molar-refractivity contribution in [2.45, 2.75) is 75.9 Å². The molecule has 3 aromatic rings. The van der Waals surface area contributed by atoms with Gasteiger partial charge in [0.25, 0.3) is 10.0 Å². The average molecular weight is 580 g/mol. The van der Waals surface area contributed by atoms with E-state index in [-0.39, 0.29) is 29.3 Å². The molecule has 0 aromatic heterocycles. The summed E-state index contributed by atoms with van der Waals surface area (Å²) in [6, 6.07) is 19.9. The topological polar surface area (TPSA) is 86.8 Å². The van der Waals surface area contributed by atoms with E-state index < -0.39 is 34.3 Å². The lowest BCUT2D eigenvalue weighted by Crippen LogP contribution is -2.52. The number of hydrogen-bond donors (Lipinski definition) is 1. The summed E-state index contributed by atoms with van der Waals surface area (Å²) < 4.78 is 42.4. The Morgan fingerprint density at radius 3 is 2.10 bits per heavy atom. The largest absolute Gasteiger partial charge is 0.352 e. The Labute approximate surface area is 242 Å². The molecule has 4 rings (SSSR count). The van der Waals surface area contributed by atoms with Gasteiger partial charge in [0, 0.05) is 12.6 Å². The van der Waals surface area contributed by atoms with Crippen molar-refractivity contribution in [2.75, 3.05) is 10.8 Å². The minimum atomic E-state index is -4.12. The summed E-state index contributed by atoms with van der Waals surface area (Å²) in [5, 5.41) is 3.04. The smallest absolute Gasteiger partial charge is 0.264 e. The first-order valence-electron chi connectivity index (χ1n) is 14.1. The minimum absolute atomic E-state index is 0.0177. The van der Waals surface area contributed by atoms with Gasteiger partial charge in [0.1, 0.15) is 18.4 Å². The molecule has 1 unspecified atom stereocenters. The molecule has 0 aliphatic heterocycles. The van der Waals surface area contributed by atoms with Crippen LogP contribution in [0.5, 0.6) is 0 Å². The van der Waals surface area contributed by atoms with Crippen molar-refractivity contribution in [2.24, 2.45) is 0 Å². The zero-order chi connectivity index (χ0) is 29.6. The fourth-order valence-electron chi connectivity index (χ4n) is 5.03. The quantitative estimate of drug-likeness (QED) is 0.320. The van der Waals surface area contributed by atoms with Gasteiger partial charge in [-0.3, -0.25) is 13.9 Å². The number of sulfonamides is 1. The fraction of sp³-hybridized carbons (Fsp3) is 0.375. The van der Waals surface area contributed by atoms with Crippen molar-refractivity contribution in [1.29, 1.82) is 0 Å². The monoisotopic (exact) mass is 579 g/mol. The van der Waals surface area contributed by atoms with Crippen molar-refractivity contribution in [3.63, 3.8) is 0 Å². The maximum atomic E-state index is 14.0. The number of halogens is 1. The number of hydrogen-bond acceptors (Lipinski definition) is 4. The molecule has 1 saturated carbocycles. The van der Waals surface area contributed by atoms with Crippen molar-refractivity contribution in [3.8, 4) is 0 Å². The van der Waals surface area contributed by atoms with Crippen molar-refractivity contribution >= 4 is 27.5 Å². The van der Waals surface area contributed by atoms with Crippen LogP contribution in [0.1, 0.15) is 63.5 Å². The lowest BCUT2D eigenvalue weighted by Gasteiger charge is -2.32. The Morgan fingerprint density at radius 1 is 0.902 bits per heavy atom. The van der Waals surface area contributed by atoms with Crippen LogP contribution < -0.4 is 9.62 Å². The van der Waals surface area contributed by atoms with E-state index in [1.165, 1.54) is 29.2 Å². The number of nitrogens with zero attached hydrogens (tertiary/aromatic N) is 2. The third-order valence-electron chi connectivity index (χ3n) is 7.59. The molecule has 0 radical (unpaired) electrons. The van der Waals surface area contributed by atoms with Crippen LogP contribution in [-0.2, 0) is 26.2 Å². The first-order valence-corrected chi connectivity index (χ1v) is 15.5. The van der Waals surface area contributed by atoms with Gasteiger partial charge in [-0.2, -0.15) is 0 Å². The number of rotatable bonds is 11. The molecule has 1 fully saturated rings. The van der Waals surface area contributed by atoms with E-state index in [1.54, 1.807) is 49.4 Å². The number of benzene rings is 3. The Bertz CT molecular complexity index is 1420. The van der Waals surface area contributed by atoms with Gasteiger partial charge in [0.2, 0.25) is 11.8 Å². The molecular formula is C32H38FN3O4S. The van der Waals surface area contributed by atoms with E-state index >= 15 is 0 Å². The standard InChI is InChI=1S/C32H38FN3O4S/c1-23(2)26-15-19-29(20-16-26)36(41(39,40)30-11-5-4-6-12-30)22-31(37)35(21-25-13-17-27(33)18-14-25)24(3)32(38)34-28-9-7-8-10-28/h4-6,11-20,23-24,28H,7-10,21-22H2,1-3H3,(H,34,38). The van der Waals surface area contributed by atoms with Crippen LogP contribution in [0, 0.1) is 5.82 Å². The third kappa shape index (κ3) is 7.52. The Kier molecular flexibility index (Phi) is 9.81. The van der Waals surface area contributed by atoms with Crippen molar-refractivity contribution in [1.82, 2.24) is 10.2 Å². The Hall–Kier alpha value is -3.72. The van der Waals surface area contributed by atoms with Crippen molar-refractivity contribution in [3.05, 3.63) is 95.8 Å². The summed E-state index contributed by atoms with van der Waals surface area (Å²) in [5.41, 5.74) is 2.00. The van der Waals surface area contributed by atoms with Crippen LogP contribution in [0.25, 0.3) is 0 Å². The normalized spacial score (nSPS) is 14.6. The molecule has 1 atom stereocenters. The fourth-order valence-corrected chi connectivity index (χ4v) is 6.47. The van der Waals surface area contributed by atoms with E-state index in [0.717, 1.165) is 35.6 Å². The van der Waals surface area contributed by atoms with Crippen LogP contribution >= 0.6 is 0 Å². The van der Waals surface area contributed by atoms with Gasteiger partial charge in [-0.15, -0.1) is 0 Å². The highest BCUT2D eigenvalue weighted by molar-refractivity contribution is 7.92. The van der Waals surface area contributed by atoms with Crippen LogP contribution in [0.15, 0.2) is 83.8 Å². The van der Waals surface area contributed by atoms with Gasteiger partial charge >= 0.3 is 0 Å². The van der Waals surface area contributed by atoms with Crippen LogP contribution in [0.4, 0.5) is 10.1 Å². The molecule has 0 saturated heterocycles. The lowest BCUT2D eigenvalue weighted by atomic mass is 10.0. The zero-order valence-corrected chi connectivity index (χ0v) is 24.6. The molecule has 7 nitrogen and oxygen atoms in total. The highest BCUT2D eigenvalue weighted by Crippen LogP contribution is 2.27. The van der Waals surface area contributed by atoms with Crippen molar-refractivity contribution < 1.29 is 22.4 Å². The van der Waals surface area contributed by atoms with Gasteiger partial charge in [0.05, 0.1) is 10.6 Å². The predicted octanol–water partition coefficient (Wildman–Crippen LogP) is 5.62. The van der Waals surface area contributed by atoms with Gasteiger partial charge < -0.3 is 10.2 Å². The molecule has 0 heterocycles. The SMILES string of the molecule is CC(C)c1ccc(N(CC(=O)N(Cc2ccc(F)cc2)C(C)C(=O)NC2CCCC2)S(=O)(=O)c2ccccc2)cc1. The maximum absolute atomic E-state index is 14.0. The lowest BCUT2D eigenvalue weighted by molar-refractivity contribution is -0.139. The van der Waals surface area contributed by atoms with E-state index in [4.69, 9.17) is 0 Å². The molecule has 3 aromatic carbocycles. The second kappa shape index (κ2) is 13.3. The number of amides is 2. The highest BCUT2D eigenvalue weighted by Gasteiger charge is 2.33. The molecular weight excluding hydrogens is 541 g/mol. The number of carbonyl (C=O) groups is 2. The van der Waals surface area contributed by atoms with Gasteiger partial charge in [-0.1, -0.05) is 69.2 Å². The van der Waals surface area contributed by atoms with Crippen LogP contribution in [0.3, 0.4) is 0 Å². The van der Waals surface area contributed by atoms with Crippen LogP contribution in [0.2, 0.25) is 0 Å². The van der Waals surface area contributed by atoms with E-state index in [0.29, 0.717) is 11.3 Å². The van der Waals surface area contributed by atoms with Gasteiger partial charge in [-0.05, 0) is 73.2 Å². The van der Waals surface area contributed by atoms with Gasteiger partial charge in [-0.25, -0.2) is 12.8 Å². The molecule has 1 aliphatic rings. The number of carbonyl (C=O) groups excluding carboxylic acids is 2. The van der Waals surface area contributed by atoms with E-state index in [1.807, 2.05) is 26.0 Å². The molecule has 1 aliphatic carbocycles. The highest BCUT2D eigenvalue weighted by atomic mass is 32.2. The Balaban J connectivity index is 1.68. The van der Waals surface area contributed by atoms with E-state index in [9.17, 15) is 22.4 Å². The third-order valence-corrected chi connectivity index (χ3v) is 9.38. The summed E-state index contributed by atoms with van der Waals surface area (Å²) in [4.78, 5) is 28.7. The number of nitrogens with one attached hydrogen (secondary N) is 1. The molecule has 41 heavy (non-hydrogen) atoms. The maximum Gasteiger partial charge on any atom is 0.264 e. The second-order valence-electron chi connectivity index (χ2n) is 10.9. The molecule has 218 valence electrons. The molecule has 1 N–H and O–H groups in total. The average Bonchev–Trinajstić information content (AvgIpc) is 3.48. The van der Waals surface area contributed by atoms with Gasteiger partial charge in [0.15, 0.2) is 0 Å². The van der Waals surface area contributed by atoms with Crippen LogP contribution in [-0.4, -0.2) is 43.8 Å². The molecule has 2 amide bonds. The first kappa shape index (κ1) is 30.2. The van der Waals surface area contributed by atoms with E-state index in [2.05, 4.69) is 5.32 Å². The number of anilines is 1. The summed E-state index contributed by atoms with van der Waals surface area (Å²) >= 11 is 0. The minimum Gasteiger partial charge on any atom is -0.352 e. The molecule has 0 spiro atoms. The second-order valence-corrected chi connectivity index (χ2v) is 12.7. The first-order chi connectivity index (χ1) is 19.6.